The molecule has 2 atom stereocenters. The summed E-state index contributed by atoms with van der Waals surface area (Å²) in [5.74, 6) is 1.69. The summed E-state index contributed by atoms with van der Waals surface area (Å²) in [7, 11) is 0. The van der Waals surface area contributed by atoms with E-state index in [2.05, 4.69) is 41.5 Å². The predicted octanol–water partition coefficient (Wildman–Crippen LogP) is 18.3. The number of esters is 3. The van der Waals surface area contributed by atoms with Crippen LogP contribution in [0.15, 0.2) is 0 Å². The minimum absolute atomic E-state index is 0.0640. The number of carbonyl (C=O) groups is 3. The van der Waals surface area contributed by atoms with Crippen molar-refractivity contribution < 1.29 is 28.6 Å². The molecule has 0 bridgehead atoms. The van der Waals surface area contributed by atoms with Gasteiger partial charge in [-0.25, -0.2) is 0 Å². The lowest BCUT2D eigenvalue weighted by Gasteiger charge is -2.18. The molecule has 0 N–H and O–H groups in total. The Labute approximate surface area is 393 Å². The standard InChI is InChI=1S/C57H110O6/c1-7-53(6)45-39-33-27-21-15-10-8-9-11-16-22-28-34-40-46-55(58)61-49-54(50-62-56(59)47-41-35-29-24-18-20-26-32-38-44-52(4)5)63-57(60)48-42-36-30-23-17-13-12-14-19-25-31-37-43-51(2)3/h51-54H,7-50H2,1-6H3/t53?,54-/m1/s1. The minimum atomic E-state index is -0.763. The Morgan fingerprint density at radius 3 is 0.825 bits per heavy atom. The summed E-state index contributed by atoms with van der Waals surface area (Å²) in [5, 5.41) is 0. The highest BCUT2D eigenvalue weighted by atomic mass is 16.6. The maximum absolute atomic E-state index is 12.8. The third kappa shape index (κ3) is 49.7. The van der Waals surface area contributed by atoms with Crippen LogP contribution in [0.25, 0.3) is 0 Å². The molecule has 63 heavy (non-hydrogen) atoms. The van der Waals surface area contributed by atoms with Crippen molar-refractivity contribution in [2.45, 2.75) is 317 Å². The summed E-state index contributed by atoms with van der Waals surface area (Å²) in [6.07, 6.45) is 49.4. The Hall–Kier alpha value is -1.59. The van der Waals surface area contributed by atoms with E-state index >= 15 is 0 Å². The van der Waals surface area contributed by atoms with Gasteiger partial charge in [0.25, 0.3) is 0 Å². The smallest absolute Gasteiger partial charge is 0.306 e. The highest BCUT2D eigenvalue weighted by molar-refractivity contribution is 5.71. The third-order valence-electron chi connectivity index (χ3n) is 13.3. The number of unbranched alkanes of at least 4 members (excludes halogenated alkanes) is 32. The molecule has 0 saturated heterocycles. The lowest BCUT2D eigenvalue weighted by molar-refractivity contribution is -0.167. The summed E-state index contributed by atoms with van der Waals surface area (Å²) in [4.78, 5) is 38.1. The molecule has 0 aromatic heterocycles. The molecule has 1 unspecified atom stereocenters. The number of carbonyl (C=O) groups excluding carboxylic acids is 3. The summed E-state index contributed by atoms with van der Waals surface area (Å²) in [6.45, 7) is 13.8. The summed E-state index contributed by atoms with van der Waals surface area (Å²) in [5.41, 5.74) is 0. The van der Waals surface area contributed by atoms with Gasteiger partial charge in [0.2, 0.25) is 0 Å². The summed E-state index contributed by atoms with van der Waals surface area (Å²) < 4.78 is 16.9. The van der Waals surface area contributed by atoms with Crippen LogP contribution < -0.4 is 0 Å². The van der Waals surface area contributed by atoms with Crippen LogP contribution in [0.3, 0.4) is 0 Å². The maximum Gasteiger partial charge on any atom is 0.306 e. The van der Waals surface area contributed by atoms with Crippen molar-refractivity contribution in [1.29, 1.82) is 0 Å². The molecular formula is C57H110O6. The SMILES string of the molecule is CCC(C)CCCCCCCCCCCCCCCCC(=O)OC[C@H](COC(=O)CCCCCCCCCCCC(C)C)OC(=O)CCCCCCCCCCCCCCC(C)C. The van der Waals surface area contributed by atoms with Crippen molar-refractivity contribution in [3.05, 3.63) is 0 Å². The molecule has 0 aliphatic rings. The van der Waals surface area contributed by atoms with E-state index in [1.54, 1.807) is 0 Å². The second kappa shape index (κ2) is 48.3. The zero-order valence-corrected chi connectivity index (χ0v) is 43.4. The lowest BCUT2D eigenvalue weighted by atomic mass is 9.99. The topological polar surface area (TPSA) is 78.9 Å². The Morgan fingerprint density at radius 1 is 0.317 bits per heavy atom. The first-order valence-corrected chi connectivity index (χ1v) is 28.1. The van der Waals surface area contributed by atoms with Crippen LogP contribution in [-0.2, 0) is 28.6 Å². The van der Waals surface area contributed by atoms with Crippen molar-refractivity contribution in [2.75, 3.05) is 13.2 Å². The van der Waals surface area contributed by atoms with Gasteiger partial charge in [-0.3, -0.25) is 14.4 Å². The molecule has 0 heterocycles. The van der Waals surface area contributed by atoms with E-state index in [0.29, 0.717) is 19.3 Å². The highest BCUT2D eigenvalue weighted by Crippen LogP contribution is 2.19. The molecule has 0 fully saturated rings. The largest absolute Gasteiger partial charge is 0.462 e. The number of ether oxygens (including phenoxy) is 3. The summed E-state index contributed by atoms with van der Waals surface area (Å²) in [6, 6.07) is 0. The van der Waals surface area contributed by atoms with Crippen LogP contribution >= 0.6 is 0 Å². The fourth-order valence-electron chi connectivity index (χ4n) is 8.61. The maximum atomic E-state index is 12.8. The van der Waals surface area contributed by atoms with E-state index in [4.69, 9.17) is 14.2 Å². The fourth-order valence-corrected chi connectivity index (χ4v) is 8.61. The first-order valence-electron chi connectivity index (χ1n) is 28.1. The predicted molar refractivity (Wildman–Crippen MR) is 270 cm³/mol. The van der Waals surface area contributed by atoms with Crippen LogP contribution in [-0.4, -0.2) is 37.2 Å². The van der Waals surface area contributed by atoms with Crippen LogP contribution in [0.5, 0.6) is 0 Å². The van der Waals surface area contributed by atoms with Crippen LogP contribution in [0.4, 0.5) is 0 Å². The molecule has 0 saturated carbocycles. The van der Waals surface area contributed by atoms with Crippen molar-refractivity contribution in [3.8, 4) is 0 Å². The monoisotopic (exact) mass is 891 g/mol. The Kier molecular flexibility index (Phi) is 47.1. The minimum Gasteiger partial charge on any atom is -0.462 e. The van der Waals surface area contributed by atoms with E-state index in [9.17, 15) is 14.4 Å². The van der Waals surface area contributed by atoms with E-state index in [1.165, 1.54) is 193 Å². The lowest BCUT2D eigenvalue weighted by Crippen LogP contribution is -2.30. The normalized spacial score (nSPS) is 12.6. The Balaban J connectivity index is 4.29. The average molecular weight is 892 g/mol. The van der Waals surface area contributed by atoms with Gasteiger partial charge < -0.3 is 14.2 Å². The number of hydrogen-bond donors (Lipinski definition) is 0. The Morgan fingerprint density at radius 2 is 0.556 bits per heavy atom. The number of rotatable bonds is 50. The van der Waals surface area contributed by atoms with Gasteiger partial charge in [0.15, 0.2) is 6.10 Å². The van der Waals surface area contributed by atoms with E-state index in [-0.39, 0.29) is 31.1 Å². The zero-order valence-electron chi connectivity index (χ0n) is 43.4. The van der Waals surface area contributed by atoms with E-state index < -0.39 is 6.10 Å². The van der Waals surface area contributed by atoms with Gasteiger partial charge in [-0.05, 0) is 37.0 Å². The quantitative estimate of drug-likeness (QED) is 0.0344. The van der Waals surface area contributed by atoms with Crippen molar-refractivity contribution in [2.24, 2.45) is 17.8 Å². The molecule has 0 amide bonds. The second-order valence-electron chi connectivity index (χ2n) is 20.8. The average Bonchev–Trinajstić information content (AvgIpc) is 3.25. The third-order valence-corrected chi connectivity index (χ3v) is 13.3. The molecular weight excluding hydrogens is 781 g/mol. The van der Waals surface area contributed by atoms with Crippen molar-refractivity contribution in [1.82, 2.24) is 0 Å². The van der Waals surface area contributed by atoms with Gasteiger partial charge in [0, 0.05) is 19.3 Å². The molecule has 0 rings (SSSR count). The fraction of sp³-hybridized carbons (Fsp3) is 0.947. The first kappa shape index (κ1) is 61.4. The first-order chi connectivity index (χ1) is 30.6. The zero-order chi connectivity index (χ0) is 46.3. The van der Waals surface area contributed by atoms with Gasteiger partial charge in [-0.2, -0.15) is 0 Å². The van der Waals surface area contributed by atoms with Crippen LogP contribution in [0.2, 0.25) is 0 Å². The molecule has 6 heteroatoms. The molecule has 0 aromatic rings. The Bertz CT molecular complexity index is 978. The number of hydrogen-bond acceptors (Lipinski definition) is 6. The molecule has 0 radical (unpaired) electrons. The summed E-state index contributed by atoms with van der Waals surface area (Å²) >= 11 is 0. The molecule has 0 aliphatic carbocycles. The van der Waals surface area contributed by atoms with Crippen LogP contribution in [0, 0.1) is 17.8 Å². The molecule has 0 aromatic carbocycles. The van der Waals surface area contributed by atoms with Crippen molar-refractivity contribution >= 4 is 17.9 Å². The van der Waals surface area contributed by atoms with Gasteiger partial charge in [0.1, 0.15) is 13.2 Å². The van der Waals surface area contributed by atoms with E-state index in [1.807, 2.05) is 0 Å². The van der Waals surface area contributed by atoms with Gasteiger partial charge in [0.05, 0.1) is 0 Å². The van der Waals surface area contributed by atoms with Crippen LogP contribution in [0.1, 0.15) is 311 Å². The van der Waals surface area contributed by atoms with Gasteiger partial charge >= 0.3 is 17.9 Å². The van der Waals surface area contributed by atoms with Gasteiger partial charge in [-0.1, -0.05) is 273 Å². The van der Waals surface area contributed by atoms with E-state index in [0.717, 1.165) is 75.5 Å². The second-order valence-corrected chi connectivity index (χ2v) is 20.8. The highest BCUT2D eigenvalue weighted by Gasteiger charge is 2.19. The molecule has 6 nitrogen and oxygen atoms in total. The molecule has 0 aliphatic heterocycles. The molecule has 374 valence electrons. The van der Waals surface area contributed by atoms with Gasteiger partial charge in [-0.15, -0.1) is 0 Å². The van der Waals surface area contributed by atoms with Crippen molar-refractivity contribution in [3.63, 3.8) is 0 Å². The molecule has 0 spiro atoms.